The van der Waals surface area contributed by atoms with Gasteiger partial charge in [-0.25, -0.2) is 0 Å². The topological polar surface area (TPSA) is 49.3 Å². The lowest BCUT2D eigenvalue weighted by molar-refractivity contribution is -0.123. The van der Waals surface area contributed by atoms with Gasteiger partial charge in [-0.2, -0.15) is 0 Å². The Labute approximate surface area is 122 Å². The highest BCUT2D eigenvalue weighted by atomic mass is 35.5. The number of rotatable bonds is 5. The second-order valence-corrected chi connectivity index (χ2v) is 5.92. The number of benzene rings is 1. The fraction of sp³-hybridized carbons (Fsp3) is 0.500. The molecule has 0 heterocycles. The summed E-state index contributed by atoms with van der Waals surface area (Å²) in [5, 5.41) is 13.7. The summed E-state index contributed by atoms with van der Waals surface area (Å²) in [6.45, 7) is 0.354. The molecule has 0 radical (unpaired) electrons. The number of hydrogen-bond donors (Lipinski definition) is 2. The van der Waals surface area contributed by atoms with Crippen molar-refractivity contribution in [3.05, 3.63) is 33.8 Å². The van der Waals surface area contributed by atoms with E-state index in [1.807, 2.05) is 6.07 Å². The summed E-state index contributed by atoms with van der Waals surface area (Å²) in [4.78, 5) is 11.7. The summed E-state index contributed by atoms with van der Waals surface area (Å²) < 4.78 is 0. The molecule has 0 unspecified atom stereocenters. The molecule has 0 saturated heterocycles. The Morgan fingerprint density at radius 1 is 1.32 bits per heavy atom. The molecular weight excluding hydrogens is 285 g/mol. The van der Waals surface area contributed by atoms with Crippen LogP contribution >= 0.6 is 23.2 Å². The zero-order chi connectivity index (χ0) is 13.9. The van der Waals surface area contributed by atoms with E-state index < -0.39 is 5.60 Å². The molecule has 1 aromatic rings. The van der Waals surface area contributed by atoms with E-state index in [2.05, 4.69) is 5.32 Å². The van der Waals surface area contributed by atoms with E-state index in [9.17, 15) is 9.90 Å². The monoisotopic (exact) mass is 301 g/mol. The molecule has 0 aliphatic heterocycles. The lowest BCUT2D eigenvalue weighted by atomic mass is 9.80. The minimum Gasteiger partial charge on any atom is -0.388 e. The van der Waals surface area contributed by atoms with Crippen molar-refractivity contribution in [3.8, 4) is 0 Å². The Morgan fingerprint density at radius 3 is 2.63 bits per heavy atom. The van der Waals surface area contributed by atoms with Gasteiger partial charge in [-0.15, -0.1) is 0 Å². The number of carbonyl (C=O) groups is 1. The van der Waals surface area contributed by atoms with Gasteiger partial charge in [0.1, 0.15) is 0 Å². The normalized spacial score (nSPS) is 16.8. The van der Waals surface area contributed by atoms with Gasteiger partial charge in [-0.3, -0.25) is 4.79 Å². The van der Waals surface area contributed by atoms with Gasteiger partial charge in [0.2, 0.25) is 5.91 Å². The fourth-order valence-corrected chi connectivity index (χ4v) is 2.39. The van der Waals surface area contributed by atoms with Crippen LogP contribution in [0, 0.1) is 0 Å². The van der Waals surface area contributed by atoms with Gasteiger partial charge in [0.05, 0.1) is 15.6 Å². The lowest BCUT2D eigenvalue weighted by Crippen LogP contribution is -2.47. The van der Waals surface area contributed by atoms with E-state index in [0.29, 0.717) is 29.4 Å². The Hall–Kier alpha value is -0.770. The van der Waals surface area contributed by atoms with Crippen LogP contribution in [0.1, 0.15) is 31.2 Å². The predicted molar refractivity (Wildman–Crippen MR) is 76.6 cm³/mol. The molecule has 1 fully saturated rings. The van der Waals surface area contributed by atoms with Crippen LogP contribution in [-0.2, 0) is 11.2 Å². The molecule has 1 aliphatic carbocycles. The summed E-state index contributed by atoms with van der Waals surface area (Å²) in [7, 11) is 0. The lowest BCUT2D eigenvalue weighted by Gasteiger charge is -2.36. The van der Waals surface area contributed by atoms with Crippen molar-refractivity contribution < 1.29 is 9.90 Å². The number of hydrogen-bond acceptors (Lipinski definition) is 2. The second-order valence-electron chi connectivity index (χ2n) is 5.10. The van der Waals surface area contributed by atoms with E-state index in [-0.39, 0.29) is 5.91 Å². The third kappa shape index (κ3) is 4.10. The number of aryl methyl sites for hydroxylation is 1. The van der Waals surface area contributed by atoms with Crippen molar-refractivity contribution in [1.82, 2.24) is 5.32 Å². The standard InChI is InChI=1S/C14H17Cl2NO2/c15-11-4-2-10(8-12(11)16)3-5-13(18)17-9-14(19)6-1-7-14/h2,4,8,19H,1,3,5-7,9H2,(H,17,18). The summed E-state index contributed by atoms with van der Waals surface area (Å²) in [6.07, 6.45) is 3.59. The van der Waals surface area contributed by atoms with Gasteiger partial charge in [-0.05, 0) is 43.4 Å². The van der Waals surface area contributed by atoms with Crippen LogP contribution < -0.4 is 5.32 Å². The summed E-state index contributed by atoms with van der Waals surface area (Å²) in [6, 6.07) is 5.37. The number of carbonyl (C=O) groups excluding carboxylic acids is 1. The molecule has 2 rings (SSSR count). The summed E-state index contributed by atoms with van der Waals surface area (Å²) in [5.74, 6) is -0.0496. The number of amides is 1. The first-order valence-electron chi connectivity index (χ1n) is 6.42. The maximum Gasteiger partial charge on any atom is 0.220 e. The molecule has 1 amide bonds. The molecule has 2 N–H and O–H groups in total. The van der Waals surface area contributed by atoms with Crippen LogP contribution in [0.3, 0.4) is 0 Å². The minimum absolute atomic E-state index is 0.0496. The highest BCUT2D eigenvalue weighted by molar-refractivity contribution is 6.42. The zero-order valence-electron chi connectivity index (χ0n) is 10.6. The average Bonchev–Trinajstić information content (AvgIpc) is 2.35. The van der Waals surface area contributed by atoms with Crippen molar-refractivity contribution in [2.75, 3.05) is 6.54 Å². The van der Waals surface area contributed by atoms with Gasteiger partial charge >= 0.3 is 0 Å². The van der Waals surface area contributed by atoms with Crippen molar-refractivity contribution in [2.45, 2.75) is 37.7 Å². The first-order chi connectivity index (χ1) is 8.98. The van der Waals surface area contributed by atoms with Crippen LogP contribution in [-0.4, -0.2) is 23.2 Å². The molecule has 5 heteroatoms. The Kier molecular flexibility index (Phi) is 4.71. The first-order valence-corrected chi connectivity index (χ1v) is 7.17. The van der Waals surface area contributed by atoms with Crippen LogP contribution in [0.2, 0.25) is 10.0 Å². The number of nitrogens with one attached hydrogen (secondary N) is 1. The molecule has 19 heavy (non-hydrogen) atoms. The summed E-state index contributed by atoms with van der Waals surface area (Å²) >= 11 is 11.7. The molecule has 1 aromatic carbocycles. The maximum absolute atomic E-state index is 11.7. The number of halogens is 2. The van der Waals surface area contributed by atoms with Crippen molar-refractivity contribution in [1.29, 1.82) is 0 Å². The molecule has 0 spiro atoms. The molecule has 0 atom stereocenters. The third-order valence-corrected chi connectivity index (χ3v) is 4.26. The molecule has 1 saturated carbocycles. The van der Waals surface area contributed by atoms with E-state index in [0.717, 1.165) is 24.8 Å². The second kappa shape index (κ2) is 6.12. The van der Waals surface area contributed by atoms with Gasteiger partial charge in [0.15, 0.2) is 0 Å². The highest BCUT2D eigenvalue weighted by Crippen LogP contribution is 2.30. The van der Waals surface area contributed by atoms with Gasteiger partial charge in [0, 0.05) is 13.0 Å². The molecule has 3 nitrogen and oxygen atoms in total. The van der Waals surface area contributed by atoms with Crippen LogP contribution in [0.4, 0.5) is 0 Å². The molecular formula is C14H17Cl2NO2. The SMILES string of the molecule is O=C(CCc1ccc(Cl)c(Cl)c1)NCC1(O)CCC1. The van der Waals surface area contributed by atoms with E-state index in [1.54, 1.807) is 12.1 Å². The van der Waals surface area contributed by atoms with Gasteiger partial charge in [0.25, 0.3) is 0 Å². The Balaban J connectivity index is 1.75. The Morgan fingerprint density at radius 2 is 2.05 bits per heavy atom. The van der Waals surface area contributed by atoms with Gasteiger partial charge < -0.3 is 10.4 Å². The molecule has 1 aliphatic rings. The van der Waals surface area contributed by atoms with Crippen molar-refractivity contribution in [2.24, 2.45) is 0 Å². The quantitative estimate of drug-likeness (QED) is 0.878. The van der Waals surface area contributed by atoms with E-state index >= 15 is 0 Å². The van der Waals surface area contributed by atoms with Crippen LogP contribution in [0.15, 0.2) is 18.2 Å². The molecule has 104 valence electrons. The molecule has 0 bridgehead atoms. The van der Waals surface area contributed by atoms with E-state index in [1.165, 1.54) is 0 Å². The average molecular weight is 302 g/mol. The highest BCUT2D eigenvalue weighted by Gasteiger charge is 2.34. The fourth-order valence-electron chi connectivity index (χ4n) is 2.07. The summed E-state index contributed by atoms with van der Waals surface area (Å²) in [5.41, 5.74) is 0.311. The molecule has 0 aromatic heterocycles. The number of aliphatic hydroxyl groups is 1. The zero-order valence-corrected chi connectivity index (χ0v) is 12.1. The van der Waals surface area contributed by atoms with Crippen molar-refractivity contribution >= 4 is 29.1 Å². The first kappa shape index (κ1) is 14.6. The third-order valence-electron chi connectivity index (χ3n) is 3.52. The predicted octanol–water partition coefficient (Wildman–Crippen LogP) is 2.96. The van der Waals surface area contributed by atoms with Crippen LogP contribution in [0.5, 0.6) is 0 Å². The minimum atomic E-state index is -0.667. The maximum atomic E-state index is 11.7. The Bertz CT molecular complexity index is 473. The van der Waals surface area contributed by atoms with Gasteiger partial charge in [-0.1, -0.05) is 29.3 Å². The van der Waals surface area contributed by atoms with Crippen LogP contribution in [0.25, 0.3) is 0 Å². The smallest absolute Gasteiger partial charge is 0.220 e. The van der Waals surface area contributed by atoms with Crippen molar-refractivity contribution in [3.63, 3.8) is 0 Å². The largest absolute Gasteiger partial charge is 0.388 e. The van der Waals surface area contributed by atoms with E-state index in [4.69, 9.17) is 23.2 Å².